The first-order valence-electron chi connectivity index (χ1n) is 6.18. The zero-order valence-corrected chi connectivity index (χ0v) is 10.3. The minimum absolute atomic E-state index is 0.684. The molecule has 3 atom stereocenters. The summed E-state index contributed by atoms with van der Waals surface area (Å²) in [6.45, 7) is 6.87. The molecule has 0 amide bonds. The molecule has 1 aliphatic carbocycles. The van der Waals surface area contributed by atoms with Crippen LogP contribution in [0.15, 0.2) is 36.5 Å². The summed E-state index contributed by atoms with van der Waals surface area (Å²) in [6.07, 6.45) is 17.6. The maximum Gasteiger partial charge on any atom is -0.0227 e. The van der Waals surface area contributed by atoms with Crippen LogP contribution in [0.1, 0.15) is 40.0 Å². The Balaban J connectivity index is 2.61. The summed E-state index contributed by atoms with van der Waals surface area (Å²) in [5, 5.41) is 0. The van der Waals surface area contributed by atoms with E-state index in [1.807, 2.05) is 0 Å². The smallest absolute Gasteiger partial charge is 0.0227 e. The molecule has 0 nitrogen and oxygen atoms in total. The predicted molar refractivity (Wildman–Crippen MR) is 68.8 cm³/mol. The maximum atomic E-state index is 2.35. The monoisotopic (exact) mass is 204 g/mol. The highest BCUT2D eigenvalue weighted by molar-refractivity contribution is 5.00. The zero-order valence-electron chi connectivity index (χ0n) is 10.3. The van der Waals surface area contributed by atoms with Gasteiger partial charge in [-0.05, 0) is 37.0 Å². The lowest BCUT2D eigenvalue weighted by molar-refractivity contribution is 0.682. The Labute approximate surface area is 94.8 Å². The van der Waals surface area contributed by atoms with Crippen molar-refractivity contribution in [1.29, 1.82) is 0 Å². The van der Waals surface area contributed by atoms with Crippen LogP contribution in [0.5, 0.6) is 0 Å². The van der Waals surface area contributed by atoms with Crippen LogP contribution in [-0.2, 0) is 0 Å². The molecule has 84 valence electrons. The standard InChI is InChI=1S/C15H24/c1-13-7-4-9-14(2)11-6-12-15(3)10-5-8-13/h4-7,10-11,13-15H,8-9,12H2,1-3H3/b7-4-,10-5-,11-6-. The minimum atomic E-state index is 0.684. The van der Waals surface area contributed by atoms with E-state index in [0.717, 1.165) is 0 Å². The number of hydrogen-bond donors (Lipinski definition) is 0. The highest BCUT2D eigenvalue weighted by Crippen LogP contribution is 2.14. The lowest BCUT2D eigenvalue weighted by Crippen LogP contribution is -1.93. The summed E-state index contributed by atoms with van der Waals surface area (Å²) in [7, 11) is 0. The van der Waals surface area contributed by atoms with Gasteiger partial charge in [0.05, 0.1) is 0 Å². The van der Waals surface area contributed by atoms with Crippen molar-refractivity contribution in [2.45, 2.75) is 40.0 Å². The van der Waals surface area contributed by atoms with Crippen LogP contribution in [-0.4, -0.2) is 0 Å². The fourth-order valence-corrected chi connectivity index (χ4v) is 1.81. The van der Waals surface area contributed by atoms with Crippen LogP contribution in [0.4, 0.5) is 0 Å². The van der Waals surface area contributed by atoms with E-state index in [4.69, 9.17) is 0 Å². The Kier molecular flexibility index (Phi) is 5.45. The second kappa shape index (κ2) is 6.66. The summed E-state index contributed by atoms with van der Waals surface area (Å²) in [5.41, 5.74) is 0. The van der Waals surface area contributed by atoms with Gasteiger partial charge in [0.25, 0.3) is 0 Å². The molecule has 0 aliphatic heterocycles. The third-order valence-corrected chi connectivity index (χ3v) is 2.92. The molecule has 1 aliphatic rings. The average molecular weight is 204 g/mol. The number of rotatable bonds is 0. The molecular weight excluding hydrogens is 180 g/mol. The van der Waals surface area contributed by atoms with Crippen molar-refractivity contribution in [2.24, 2.45) is 17.8 Å². The normalized spacial score (nSPS) is 39.8. The molecule has 0 aromatic rings. The van der Waals surface area contributed by atoms with Crippen molar-refractivity contribution in [3.05, 3.63) is 36.5 Å². The van der Waals surface area contributed by atoms with Gasteiger partial charge in [0.15, 0.2) is 0 Å². The lowest BCUT2D eigenvalue weighted by Gasteiger charge is -2.08. The first-order chi connectivity index (χ1) is 7.18. The molecule has 15 heavy (non-hydrogen) atoms. The SMILES string of the molecule is CC1/C=C\CC(C)/C=C\CC(C)/C=C\C1. The fraction of sp³-hybridized carbons (Fsp3) is 0.600. The average Bonchev–Trinajstić information content (AvgIpc) is 2.16. The molecule has 3 unspecified atom stereocenters. The minimum Gasteiger partial charge on any atom is -0.0877 e. The van der Waals surface area contributed by atoms with Crippen LogP contribution in [0.2, 0.25) is 0 Å². The molecule has 0 aromatic carbocycles. The summed E-state index contributed by atoms with van der Waals surface area (Å²) in [4.78, 5) is 0. The molecule has 0 aromatic heterocycles. The van der Waals surface area contributed by atoms with Gasteiger partial charge in [-0.25, -0.2) is 0 Å². The van der Waals surface area contributed by atoms with Crippen molar-refractivity contribution in [2.75, 3.05) is 0 Å². The first kappa shape index (κ1) is 12.3. The molecule has 1 rings (SSSR count). The molecule has 0 heteroatoms. The molecule has 0 saturated carbocycles. The van der Waals surface area contributed by atoms with E-state index >= 15 is 0 Å². The van der Waals surface area contributed by atoms with E-state index in [1.165, 1.54) is 19.3 Å². The van der Waals surface area contributed by atoms with E-state index in [9.17, 15) is 0 Å². The second-order valence-corrected chi connectivity index (χ2v) is 4.92. The highest BCUT2D eigenvalue weighted by Gasteiger charge is 1.99. The Morgan fingerprint density at radius 3 is 1.13 bits per heavy atom. The van der Waals surface area contributed by atoms with E-state index in [0.29, 0.717) is 17.8 Å². The van der Waals surface area contributed by atoms with Crippen LogP contribution in [0, 0.1) is 17.8 Å². The summed E-state index contributed by atoms with van der Waals surface area (Å²) in [5.74, 6) is 2.05. The van der Waals surface area contributed by atoms with Gasteiger partial charge in [-0.2, -0.15) is 0 Å². The Morgan fingerprint density at radius 1 is 0.600 bits per heavy atom. The topological polar surface area (TPSA) is 0 Å². The van der Waals surface area contributed by atoms with Crippen molar-refractivity contribution < 1.29 is 0 Å². The summed E-state index contributed by atoms with van der Waals surface area (Å²) in [6, 6.07) is 0. The highest BCUT2D eigenvalue weighted by atomic mass is 14.1. The van der Waals surface area contributed by atoms with Gasteiger partial charge in [-0.1, -0.05) is 57.2 Å². The van der Waals surface area contributed by atoms with Crippen molar-refractivity contribution in [3.63, 3.8) is 0 Å². The van der Waals surface area contributed by atoms with Gasteiger partial charge in [-0.3, -0.25) is 0 Å². The van der Waals surface area contributed by atoms with Gasteiger partial charge < -0.3 is 0 Å². The van der Waals surface area contributed by atoms with Crippen molar-refractivity contribution >= 4 is 0 Å². The van der Waals surface area contributed by atoms with Gasteiger partial charge in [0.2, 0.25) is 0 Å². The van der Waals surface area contributed by atoms with Crippen molar-refractivity contribution in [1.82, 2.24) is 0 Å². The van der Waals surface area contributed by atoms with Crippen LogP contribution >= 0.6 is 0 Å². The van der Waals surface area contributed by atoms with Crippen LogP contribution < -0.4 is 0 Å². The Morgan fingerprint density at radius 2 is 0.867 bits per heavy atom. The number of hydrogen-bond acceptors (Lipinski definition) is 0. The summed E-state index contributed by atoms with van der Waals surface area (Å²) < 4.78 is 0. The van der Waals surface area contributed by atoms with Gasteiger partial charge in [-0.15, -0.1) is 0 Å². The largest absolute Gasteiger partial charge is 0.0877 e. The van der Waals surface area contributed by atoms with Crippen molar-refractivity contribution in [3.8, 4) is 0 Å². The van der Waals surface area contributed by atoms with Crippen LogP contribution in [0.3, 0.4) is 0 Å². The number of allylic oxidation sites excluding steroid dienone is 6. The molecule has 0 fully saturated rings. The van der Waals surface area contributed by atoms with Gasteiger partial charge in [0, 0.05) is 0 Å². The third kappa shape index (κ3) is 5.61. The molecule has 0 bridgehead atoms. The second-order valence-electron chi connectivity index (χ2n) is 4.92. The quantitative estimate of drug-likeness (QED) is 0.500. The molecule has 0 saturated heterocycles. The maximum absolute atomic E-state index is 2.35. The Hall–Kier alpha value is -0.780. The fourth-order valence-electron chi connectivity index (χ4n) is 1.81. The summed E-state index contributed by atoms with van der Waals surface area (Å²) >= 11 is 0. The van der Waals surface area contributed by atoms with E-state index in [-0.39, 0.29) is 0 Å². The molecule has 0 radical (unpaired) electrons. The predicted octanol–water partition coefficient (Wildman–Crippen LogP) is 4.75. The lowest BCUT2D eigenvalue weighted by atomic mass is 9.98. The Bertz CT molecular complexity index is 202. The van der Waals surface area contributed by atoms with Gasteiger partial charge in [0.1, 0.15) is 0 Å². The molecule has 0 spiro atoms. The first-order valence-corrected chi connectivity index (χ1v) is 6.18. The van der Waals surface area contributed by atoms with E-state index < -0.39 is 0 Å². The van der Waals surface area contributed by atoms with E-state index in [1.54, 1.807) is 0 Å². The molecule has 0 heterocycles. The zero-order chi connectivity index (χ0) is 11.1. The molecule has 0 N–H and O–H groups in total. The molecular formula is C15H24. The van der Waals surface area contributed by atoms with E-state index in [2.05, 4.69) is 57.2 Å². The van der Waals surface area contributed by atoms with Gasteiger partial charge >= 0.3 is 0 Å². The van der Waals surface area contributed by atoms with Crippen LogP contribution in [0.25, 0.3) is 0 Å². The third-order valence-electron chi connectivity index (χ3n) is 2.92.